The van der Waals surface area contributed by atoms with Crippen LogP contribution in [0.1, 0.15) is 27.6 Å². The quantitative estimate of drug-likeness (QED) is 0.595. The largest absolute Gasteiger partial charge is 0.549 e. The molecule has 1 aliphatic carbocycles. The maximum Gasteiger partial charge on any atom is 0.198 e. The zero-order valence-electron chi connectivity index (χ0n) is 9.56. The van der Waals surface area contributed by atoms with Crippen molar-refractivity contribution in [1.29, 1.82) is 0 Å². The first-order valence-corrected chi connectivity index (χ1v) is 6.23. The third-order valence-corrected chi connectivity index (χ3v) is 3.65. The molecule has 0 unspecified atom stereocenters. The van der Waals surface area contributed by atoms with Gasteiger partial charge in [0.05, 0.1) is 11.5 Å². The Morgan fingerprint density at radius 1 is 1.17 bits per heavy atom. The Morgan fingerprint density at radius 3 is 2.11 bits per heavy atom. The summed E-state index contributed by atoms with van der Waals surface area (Å²) in [6.07, 6.45) is 0. The Kier molecular flexibility index (Phi) is 3.34. The molecule has 5 heteroatoms. The molecule has 0 radical (unpaired) electrons. The van der Waals surface area contributed by atoms with E-state index in [0.29, 0.717) is 16.0 Å². The summed E-state index contributed by atoms with van der Waals surface area (Å²) in [5.41, 5.74) is 0.833. The highest BCUT2D eigenvalue weighted by Gasteiger charge is 2.34. The summed E-state index contributed by atoms with van der Waals surface area (Å²) in [4.78, 5) is 34.9. The number of thioether (sulfide) groups is 1. The van der Waals surface area contributed by atoms with Crippen LogP contribution in [-0.2, 0) is 4.79 Å². The standard InChI is InChI=1S/C13H10O4S/c1-7(18-6-10(14)15)11-12(16)8-4-2-3-5-9(8)13(11)17/h2-5H,6H2,1H3,(H,14,15)/p-1. The monoisotopic (exact) mass is 261 g/mol. The number of carbonyl (C=O) groups is 3. The van der Waals surface area contributed by atoms with E-state index in [0.717, 1.165) is 11.8 Å². The number of carbonyl (C=O) groups excluding carboxylic acids is 3. The Bertz CT molecular complexity index is 549. The topological polar surface area (TPSA) is 74.3 Å². The van der Waals surface area contributed by atoms with Crippen LogP contribution < -0.4 is 5.11 Å². The molecule has 0 fully saturated rings. The van der Waals surface area contributed by atoms with Gasteiger partial charge in [-0.3, -0.25) is 9.59 Å². The van der Waals surface area contributed by atoms with Crippen molar-refractivity contribution in [3.8, 4) is 0 Å². The molecule has 0 heterocycles. The van der Waals surface area contributed by atoms with Gasteiger partial charge in [0.25, 0.3) is 0 Å². The third-order valence-electron chi connectivity index (χ3n) is 2.63. The maximum atomic E-state index is 12.0. The number of benzene rings is 1. The Balaban J connectivity index is 2.38. The fourth-order valence-corrected chi connectivity index (χ4v) is 2.47. The van der Waals surface area contributed by atoms with E-state index in [1.165, 1.54) is 0 Å². The van der Waals surface area contributed by atoms with E-state index in [2.05, 4.69) is 0 Å². The molecule has 1 aromatic rings. The minimum Gasteiger partial charge on any atom is -0.549 e. The van der Waals surface area contributed by atoms with Gasteiger partial charge in [-0.2, -0.15) is 0 Å². The van der Waals surface area contributed by atoms with E-state index in [-0.39, 0.29) is 22.9 Å². The first-order valence-electron chi connectivity index (χ1n) is 5.24. The second-order valence-electron chi connectivity index (χ2n) is 3.80. The lowest BCUT2D eigenvalue weighted by Crippen LogP contribution is -2.24. The molecule has 0 aromatic heterocycles. The number of allylic oxidation sites excluding steroid dienone is 2. The zero-order valence-corrected chi connectivity index (χ0v) is 10.4. The smallest absolute Gasteiger partial charge is 0.198 e. The first kappa shape index (κ1) is 12.6. The number of hydrogen-bond donors (Lipinski definition) is 0. The number of fused-ring (bicyclic) bond motifs is 1. The highest BCUT2D eigenvalue weighted by molar-refractivity contribution is 8.03. The van der Waals surface area contributed by atoms with Gasteiger partial charge < -0.3 is 9.90 Å². The van der Waals surface area contributed by atoms with Crippen LogP contribution in [0, 0.1) is 0 Å². The van der Waals surface area contributed by atoms with E-state index >= 15 is 0 Å². The van der Waals surface area contributed by atoms with Crippen LogP contribution in [0.4, 0.5) is 0 Å². The molecule has 0 aliphatic heterocycles. The van der Waals surface area contributed by atoms with Crippen LogP contribution in [0.25, 0.3) is 0 Å². The number of carboxylic acids is 1. The van der Waals surface area contributed by atoms with E-state index in [4.69, 9.17) is 0 Å². The fourth-order valence-electron chi connectivity index (χ4n) is 1.81. The van der Waals surface area contributed by atoms with E-state index in [1.807, 2.05) is 0 Å². The predicted molar refractivity (Wildman–Crippen MR) is 65.3 cm³/mol. The van der Waals surface area contributed by atoms with Gasteiger partial charge in [-0.05, 0) is 11.8 Å². The Morgan fingerprint density at radius 2 is 1.67 bits per heavy atom. The number of aliphatic carboxylic acids is 1. The summed E-state index contributed by atoms with van der Waals surface area (Å²) in [5, 5.41) is 10.4. The lowest BCUT2D eigenvalue weighted by Gasteiger charge is -2.04. The van der Waals surface area contributed by atoms with E-state index in [9.17, 15) is 19.5 Å². The van der Waals surface area contributed by atoms with E-state index < -0.39 is 5.97 Å². The number of Topliss-reactive ketones (excluding diaryl/α,β-unsaturated/α-hetero) is 2. The van der Waals surface area contributed by atoms with Crippen LogP contribution in [0.3, 0.4) is 0 Å². The van der Waals surface area contributed by atoms with Crippen molar-refractivity contribution in [3.63, 3.8) is 0 Å². The molecule has 0 saturated heterocycles. The second kappa shape index (κ2) is 4.78. The number of hydrogen-bond acceptors (Lipinski definition) is 5. The van der Waals surface area contributed by atoms with E-state index in [1.54, 1.807) is 31.2 Å². The molecule has 1 aliphatic rings. The summed E-state index contributed by atoms with van der Waals surface area (Å²) >= 11 is 0.936. The lowest BCUT2D eigenvalue weighted by atomic mass is 10.1. The molecular weight excluding hydrogens is 252 g/mol. The Hall–Kier alpha value is -1.88. The average Bonchev–Trinajstić information content (AvgIpc) is 2.60. The van der Waals surface area contributed by atoms with Gasteiger partial charge in [-0.25, -0.2) is 0 Å². The van der Waals surface area contributed by atoms with Gasteiger partial charge >= 0.3 is 0 Å². The molecule has 18 heavy (non-hydrogen) atoms. The summed E-state index contributed by atoms with van der Waals surface area (Å²) in [6.45, 7) is 1.57. The number of carboxylic acid groups (broad SMARTS) is 1. The summed E-state index contributed by atoms with van der Waals surface area (Å²) in [5.74, 6) is -2.17. The number of rotatable bonds is 3. The van der Waals surface area contributed by atoms with Crippen molar-refractivity contribution in [1.82, 2.24) is 0 Å². The van der Waals surface area contributed by atoms with Crippen LogP contribution in [-0.4, -0.2) is 23.3 Å². The van der Waals surface area contributed by atoms with Crippen LogP contribution >= 0.6 is 11.8 Å². The molecule has 0 saturated carbocycles. The lowest BCUT2D eigenvalue weighted by molar-refractivity contribution is -0.301. The third kappa shape index (κ3) is 2.09. The van der Waals surface area contributed by atoms with Gasteiger partial charge in [0.1, 0.15) is 0 Å². The van der Waals surface area contributed by atoms with Gasteiger partial charge in [-0.1, -0.05) is 24.3 Å². The molecular formula is C13H9O4S-. The molecule has 92 valence electrons. The molecule has 1 aromatic carbocycles. The van der Waals surface area contributed by atoms with Crippen LogP contribution in [0.15, 0.2) is 34.7 Å². The maximum absolute atomic E-state index is 12.0. The SMILES string of the molecule is CC(SCC(=O)[O-])=C1C(=O)c2ccccc2C1=O. The van der Waals surface area contributed by atoms with Gasteiger partial charge in [0.15, 0.2) is 11.6 Å². The summed E-state index contributed by atoms with van der Waals surface area (Å²) < 4.78 is 0. The minimum atomic E-state index is -1.23. The Labute approximate surface area is 108 Å². The molecule has 0 N–H and O–H groups in total. The normalized spacial score (nSPS) is 13.7. The highest BCUT2D eigenvalue weighted by atomic mass is 32.2. The van der Waals surface area contributed by atoms with Gasteiger partial charge in [0.2, 0.25) is 0 Å². The average molecular weight is 261 g/mol. The second-order valence-corrected chi connectivity index (χ2v) is 4.99. The van der Waals surface area contributed by atoms with Crippen molar-refractivity contribution < 1.29 is 19.5 Å². The highest BCUT2D eigenvalue weighted by Crippen LogP contribution is 2.31. The molecule has 2 rings (SSSR count). The van der Waals surface area contributed by atoms with Crippen LogP contribution in [0.5, 0.6) is 0 Å². The van der Waals surface area contributed by atoms with Gasteiger partial charge in [-0.15, -0.1) is 11.8 Å². The van der Waals surface area contributed by atoms with Crippen molar-refractivity contribution in [2.24, 2.45) is 0 Å². The molecule has 0 amide bonds. The molecule has 0 atom stereocenters. The van der Waals surface area contributed by atoms with Crippen molar-refractivity contribution in [2.45, 2.75) is 6.92 Å². The number of ketones is 2. The molecule has 4 nitrogen and oxygen atoms in total. The van der Waals surface area contributed by atoms with Gasteiger partial charge in [0, 0.05) is 16.9 Å². The summed E-state index contributed by atoms with van der Waals surface area (Å²) in [6, 6.07) is 6.58. The zero-order chi connectivity index (χ0) is 13.3. The minimum absolute atomic E-state index is 0.0717. The summed E-state index contributed by atoms with van der Waals surface area (Å²) in [7, 11) is 0. The van der Waals surface area contributed by atoms with Crippen molar-refractivity contribution in [2.75, 3.05) is 5.75 Å². The fraction of sp³-hybridized carbons (Fsp3) is 0.154. The molecule has 0 bridgehead atoms. The first-order chi connectivity index (χ1) is 8.52. The molecule has 0 spiro atoms. The van der Waals surface area contributed by atoms with Crippen molar-refractivity contribution in [3.05, 3.63) is 45.9 Å². The van der Waals surface area contributed by atoms with Crippen LogP contribution in [0.2, 0.25) is 0 Å². The van der Waals surface area contributed by atoms with Crippen molar-refractivity contribution >= 4 is 29.3 Å². The predicted octanol–water partition coefficient (Wildman–Crippen LogP) is 0.823.